The van der Waals surface area contributed by atoms with Crippen LogP contribution in [0.1, 0.15) is 17.7 Å². The van der Waals surface area contributed by atoms with Gasteiger partial charge in [-0.25, -0.2) is 9.37 Å². The first-order chi connectivity index (χ1) is 13.6. The Bertz CT molecular complexity index is 1130. The van der Waals surface area contributed by atoms with Crippen molar-refractivity contribution in [2.45, 2.75) is 19.8 Å². The van der Waals surface area contributed by atoms with Crippen molar-refractivity contribution < 1.29 is 9.18 Å². The normalized spacial score (nSPS) is 10.9. The van der Waals surface area contributed by atoms with Crippen LogP contribution in [0.25, 0.3) is 16.9 Å². The van der Waals surface area contributed by atoms with Crippen LogP contribution in [0.4, 0.5) is 10.1 Å². The first kappa shape index (κ1) is 17.9. The Morgan fingerprint density at radius 2 is 1.89 bits per heavy atom. The molecule has 0 radical (unpaired) electrons. The van der Waals surface area contributed by atoms with Crippen molar-refractivity contribution >= 4 is 17.2 Å². The molecule has 1 amide bonds. The number of fused-ring (bicyclic) bond motifs is 1. The Balaban J connectivity index is 1.59. The molecule has 0 saturated heterocycles. The van der Waals surface area contributed by atoms with Gasteiger partial charge in [-0.2, -0.15) is 0 Å². The van der Waals surface area contributed by atoms with Crippen LogP contribution in [0.3, 0.4) is 0 Å². The summed E-state index contributed by atoms with van der Waals surface area (Å²) in [6.45, 7) is 1.99. The van der Waals surface area contributed by atoms with Crippen molar-refractivity contribution in [1.82, 2.24) is 9.38 Å². The highest BCUT2D eigenvalue weighted by atomic mass is 19.1. The number of benzene rings is 2. The number of hydrogen-bond donors (Lipinski definition) is 1. The van der Waals surface area contributed by atoms with Gasteiger partial charge in [-0.3, -0.25) is 4.79 Å². The van der Waals surface area contributed by atoms with Crippen LogP contribution in [0, 0.1) is 12.7 Å². The van der Waals surface area contributed by atoms with E-state index in [9.17, 15) is 9.18 Å². The summed E-state index contributed by atoms with van der Waals surface area (Å²) in [5.41, 5.74) is 5.23. The van der Waals surface area contributed by atoms with Gasteiger partial charge in [0.2, 0.25) is 5.91 Å². The fraction of sp³-hybridized carbons (Fsp3) is 0.130. The third-order valence-electron chi connectivity index (χ3n) is 4.64. The van der Waals surface area contributed by atoms with Gasteiger partial charge >= 0.3 is 0 Å². The maximum Gasteiger partial charge on any atom is 0.224 e. The number of rotatable bonds is 5. The number of carbonyl (C=O) groups is 1. The summed E-state index contributed by atoms with van der Waals surface area (Å²) in [5, 5.41) is 2.94. The molecule has 0 atom stereocenters. The number of pyridine rings is 1. The smallest absolute Gasteiger partial charge is 0.224 e. The molecule has 0 fully saturated rings. The topological polar surface area (TPSA) is 46.4 Å². The average Bonchev–Trinajstić information content (AvgIpc) is 3.05. The average molecular weight is 373 g/mol. The lowest BCUT2D eigenvalue weighted by Crippen LogP contribution is -2.13. The molecule has 4 aromatic rings. The van der Waals surface area contributed by atoms with E-state index in [1.807, 2.05) is 60.0 Å². The lowest BCUT2D eigenvalue weighted by molar-refractivity contribution is -0.116. The number of carbonyl (C=O) groups excluding carboxylic acids is 1. The molecule has 2 heterocycles. The molecule has 0 bridgehead atoms. The highest BCUT2D eigenvalue weighted by molar-refractivity contribution is 5.91. The number of hydrogen-bond acceptors (Lipinski definition) is 2. The molecule has 2 aromatic carbocycles. The van der Waals surface area contributed by atoms with E-state index in [0.29, 0.717) is 12.8 Å². The minimum atomic E-state index is -0.286. The fourth-order valence-electron chi connectivity index (χ4n) is 3.30. The predicted octanol–water partition coefficient (Wildman–Crippen LogP) is 5.02. The lowest BCUT2D eigenvalue weighted by atomic mass is 10.1. The zero-order valence-corrected chi connectivity index (χ0v) is 15.5. The number of halogens is 1. The molecule has 1 N–H and O–H groups in total. The molecule has 0 spiro atoms. The van der Waals surface area contributed by atoms with Crippen LogP contribution < -0.4 is 5.32 Å². The van der Waals surface area contributed by atoms with Crippen LogP contribution in [0.15, 0.2) is 72.9 Å². The number of aryl methyl sites for hydroxylation is 2. The van der Waals surface area contributed by atoms with Gasteiger partial charge in [-0.15, -0.1) is 0 Å². The predicted molar refractivity (Wildman–Crippen MR) is 109 cm³/mol. The number of anilines is 1. The van der Waals surface area contributed by atoms with Gasteiger partial charge in [0, 0.05) is 23.9 Å². The van der Waals surface area contributed by atoms with E-state index in [-0.39, 0.29) is 11.7 Å². The molecule has 2 aromatic heterocycles. The summed E-state index contributed by atoms with van der Waals surface area (Å²) in [6, 6.07) is 19.8. The van der Waals surface area contributed by atoms with E-state index in [2.05, 4.69) is 5.32 Å². The summed E-state index contributed by atoms with van der Waals surface area (Å²) >= 11 is 0. The zero-order chi connectivity index (χ0) is 19.5. The van der Waals surface area contributed by atoms with Gasteiger partial charge in [-0.1, -0.05) is 18.2 Å². The number of aromatic nitrogens is 2. The minimum Gasteiger partial charge on any atom is -0.326 e. The molecule has 140 valence electrons. The number of imidazole rings is 1. The third kappa shape index (κ3) is 3.78. The third-order valence-corrected chi connectivity index (χ3v) is 4.64. The Kier molecular flexibility index (Phi) is 4.89. The maximum atomic E-state index is 13.3. The second kappa shape index (κ2) is 7.64. The standard InChI is InChI=1S/C23H20FN3O/c1-16-5-4-6-19(15-16)25-22(28)13-12-20-23(17-8-10-18(24)11-9-17)26-21-7-2-3-14-27(20)21/h2-11,14-15H,12-13H2,1H3,(H,25,28). The Hall–Kier alpha value is -3.47. The molecule has 4 rings (SSSR count). The number of nitrogens with zero attached hydrogens (tertiary/aromatic N) is 2. The van der Waals surface area contributed by atoms with Crippen LogP contribution in [-0.4, -0.2) is 15.3 Å². The van der Waals surface area contributed by atoms with Gasteiger partial charge in [0.15, 0.2) is 0 Å². The summed E-state index contributed by atoms with van der Waals surface area (Å²) in [7, 11) is 0. The lowest BCUT2D eigenvalue weighted by Gasteiger charge is -2.08. The van der Waals surface area contributed by atoms with Gasteiger partial charge in [0.05, 0.1) is 11.4 Å². The van der Waals surface area contributed by atoms with Gasteiger partial charge in [0.25, 0.3) is 0 Å². The van der Waals surface area contributed by atoms with Crippen molar-refractivity contribution in [2.24, 2.45) is 0 Å². The largest absolute Gasteiger partial charge is 0.326 e. The second-order valence-electron chi connectivity index (χ2n) is 6.76. The van der Waals surface area contributed by atoms with E-state index in [1.165, 1.54) is 12.1 Å². The van der Waals surface area contributed by atoms with Crippen molar-refractivity contribution in [3.63, 3.8) is 0 Å². The Morgan fingerprint density at radius 3 is 2.68 bits per heavy atom. The van der Waals surface area contributed by atoms with E-state index in [4.69, 9.17) is 4.98 Å². The van der Waals surface area contributed by atoms with Crippen LogP contribution in [-0.2, 0) is 11.2 Å². The molecular weight excluding hydrogens is 353 g/mol. The van der Waals surface area contributed by atoms with Crippen molar-refractivity contribution in [3.8, 4) is 11.3 Å². The van der Waals surface area contributed by atoms with Crippen LogP contribution in [0.5, 0.6) is 0 Å². The summed E-state index contributed by atoms with van der Waals surface area (Å²) in [4.78, 5) is 17.2. The minimum absolute atomic E-state index is 0.0541. The molecule has 0 saturated carbocycles. The Labute approximate surface area is 162 Å². The van der Waals surface area contributed by atoms with Gasteiger partial charge < -0.3 is 9.72 Å². The molecule has 4 nitrogen and oxygen atoms in total. The van der Waals surface area contributed by atoms with Crippen LogP contribution in [0.2, 0.25) is 0 Å². The van der Waals surface area contributed by atoms with Crippen molar-refractivity contribution in [2.75, 3.05) is 5.32 Å². The van der Waals surface area contributed by atoms with Crippen molar-refractivity contribution in [3.05, 3.63) is 90.0 Å². The monoisotopic (exact) mass is 373 g/mol. The Morgan fingerprint density at radius 1 is 1.07 bits per heavy atom. The highest BCUT2D eigenvalue weighted by Crippen LogP contribution is 2.26. The zero-order valence-electron chi connectivity index (χ0n) is 15.5. The number of amides is 1. The fourth-order valence-corrected chi connectivity index (χ4v) is 3.30. The SMILES string of the molecule is Cc1cccc(NC(=O)CCc2c(-c3ccc(F)cc3)nc3ccccn23)c1. The molecule has 0 aliphatic carbocycles. The molecule has 28 heavy (non-hydrogen) atoms. The van der Waals surface area contributed by atoms with Gasteiger partial charge in [0.1, 0.15) is 11.5 Å². The van der Waals surface area contributed by atoms with Crippen molar-refractivity contribution in [1.29, 1.82) is 0 Å². The van der Waals surface area contributed by atoms with E-state index < -0.39 is 0 Å². The first-order valence-corrected chi connectivity index (χ1v) is 9.18. The molecule has 0 aliphatic heterocycles. The highest BCUT2D eigenvalue weighted by Gasteiger charge is 2.15. The van der Waals surface area contributed by atoms with Crippen LogP contribution >= 0.6 is 0 Å². The van der Waals surface area contributed by atoms with Gasteiger partial charge in [-0.05, 0) is 67.4 Å². The quantitative estimate of drug-likeness (QED) is 0.534. The summed E-state index contributed by atoms with van der Waals surface area (Å²) in [6.07, 6.45) is 2.78. The molecular formula is C23H20FN3O. The second-order valence-corrected chi connectivity index (χ2v) is 6.76. The maximum absolute atomic E-state index is 13.3. The first-order valence-electron chi connectivity index (χ1n) is 9.18. The molecule has 0 unspecified atom stereocenters. The molecule has 0 aliphatic rings. The summed E-state index contributed by atoms with van der Waals surface area (Å²) < 4.78 is 15.3. The number of nitrogens with one attached hydrogen (secondary N) is 1. The van der Waals surface area contributed by atoms with E-state index in [0.717, 1.165) is 33.8 Å². The van der Waals surface area contributed by atoms with E-state index in [1.54, 1.807) is 12.1 Å². The van der Waals surface area contributed by atoms with E-state index >= 15 is 0 Å². The summed E-state index contributed by atoms with van der Waals surface area (Å²) in [5.74, 6) is -0.340. The molecule has 5 heteroatoms.